The molecule has 1 aromatic heterocycles. The van der Waals surface area contributed by atoms with Gasteiger partial charge in [0.15, 0.2) is 0 Å². The number of rotatable bonds is 6. The van der Waals surface area contributed by atoms with E-state index in [-0.39, 0.29) is 28.9 Å². The van der Waals surface area contributed by atoms with Crippen LogP contribution >= 0.6 is 24.0 Å². The van der Waals surface area contributed by atoms with Gasteiger partial charge in [-0.2, -0.15) is 5.26 Å². The van der Waals surface area contributed by atoms with Crippen LogP contribution in [-0.4, -0.2) is 51.9 Å². The molecule has 37 heavy (non-hydrogen) atoms. The Balaban J connectivity index is 1.76. The molecule has 0 aliphatic carbocycles. The Morgan fingerprint density at radius 3 is 2.32 bits per heavy atom. The largest absolute Gasteiger partial charge is 0.368 e. The second kappa shape index (κ2) is 11.1. The number of nitriles is 1. The lowest BCUT2D eigenvalue weighted by Crippen LogP contribution is -2.48. The number of halogens is 1. The number of hydrogen-bond acceptors (Lipinski definition) is 7. The second-order valence-electron chi connectivity index (χ2n) is 9.16. The molecule has 0 bridgehead atoms. The van der Waals surface area contributed by atoms with Crippen LogP contribution in [0.15, 0.2) is 34.0 Å². The van der Waals surface area contributed by atoms with E-state index in [4.69, 9.17) is 12.2 Å². The van der Waals surface area contributed by atoms with Crippen molar-refractivity contribution in [3.63, 3.8) is 0 Å². The first kappa shape index (κ1) is 26.9. The van der Waals surface area contributed by atoms with Gasteiger partial charge in [-0.05, 0) is 63.1 Å². The predicted molar refractivity (Wildman–Crippen MR) is 151 cm³/mol. The zero-order valence-electron chi connectivity index (χ0n) is 21.5. The number of nitrogens with zero attached hydrogens (tertiary/aromatic N) is 5. The van der Waals surface area contributed by atoms with E-state index in [0.717, 1.165) is 12.1 Å². The highest BCUT2D eigenvalue weighted by atomic mass is 32.2. The maximum Gasteiger partial charge on any atom is 0.270 e. The van der Waals surface area contributed by atoms with Crippen molar-refractivity contribution >= 4 is 51.8 Å². The molecular formula is C27H30FN5O2S2. The number of amides is 1. The molecule has 2 fully saturated rings. The van der Waals surface area contributed by atoms with E-state index in [9.17, 15) is 19.2 Å². The van der Waals surface area contributed by atoms with Crippen molar-refractivity contribution < 1.29 is 9.18 Å². The highest BCUT2D eigenvalue weighted by molar-refractivity contribution is 8.26. The summed E-state index contributed by atoms with van der Waals surface area (Å²) in [5.74, 6) is 0.283. The van der Waals surface area contributed by atoms with Crippen LogP contribution < -0.4 is 15.4 Å². The minimum absolute atomic E-state index is 0.0160. The minimum Gasteiger partial charge on any atom is -0.368 e. The number of piperazine rings is 1. The van der Waals surface area contributed by atoms with Crippen molar-refractivity contribution in [2.75, 3.05) is 36.0 Å². The number of pyridine rings is 1. The Labute approximate surface area is 226 Å². The SMILES string of the molecule is CCC(C)N1C(=O)/C(=C\c2c(C)c(C#N)c(=O)n(CC)c2N2CCN(c3ccc(F)cc3)CC2)SC1=S. The summed E-state index contributed by atoms with van der Waals surface area (Å²) in [6.45, 7) is 10.6. The summed E-state index contributed by atoms with van der Waals surface area (Å²) in [5, 5.41) is 9.79. The van der Waals surface area contributed by atoms with E-state index in [1.165, 1.54) is 23.9 Å². The van der Waals surface area contributed by atoms with Crippen molar-refractivity contribution in [3.05, 3.63) is 62.0 Å². The third-order valence-electron chi connectivity index (χ3n) is 7.06. The number of benzene rings is 1. The predicted octanol–water partition coefficient (Wildman–Crippen LogP) is 4.51. The molecule has 0 saturated carbocycles. The van der Waals surface area contributed by atoms with E-state index in [2.05, 4.69) is 15.9 Å². The zero-order chi connectivity index (χ0) is 26.9. The van der Waals surface area contributed by atoms with Crippen LogP contribution in [0.4, 0.5) is 15.9 Å². The van der Waals surface area contributed by atoms with Gasteiger partial charge in [0, 0.05) is 50.0 Å². The summed E-state index contributed by atoms with van der Waals surface area (Å²) in [5.41, 5.74) is 1.95. The van der Waals surface area contributed by atoms with Gasteiger partial charge in [-0.3, -0.25) is 19.1 Å². The molecule has 194 valence electrons. The summed E-state index contributed by atoms with van der Waals surface area (Å²) in [6.07, 6.45) is 2.58. The number of carbonyl (C=O) groups is 1. The van der Waals surface area contributed by atoms with Crippen molar-refractivity contribution in [2.24, 2.45) is 0 Å². The lowest BCUT2D eigenvalue weighted by atomic mass is 10.0. The molecular weight excluding hydrogens is 509 g/mol. The summed E-state index contributed by atoms with van der Waals surface area (Å²) < 4.78 is 15.5. The molecule has 0 radical (unpaired) electrons. The number of anilines is 2. The van der Waals surface area contributed by atoms with Gasteiger partial charge in [-0.1, -0.05) is 30.9 Å². The summed E-state index contributed by atoms with van der Waals surface area (Å²) in [4.78, 5) is 33.0. The summed E-state index contributed by atoms with van der Waals surface area (Å²) >= 11 is 6.77. The average Bonchev–Trinajstić information content (AvgIpc) is 3.18. The van der Waals surface area contributed by atoms with Gasteiger partial charge in [0.1, 0.15) is 27.6 Å². The molecule has 4 rings (SSSR count). The fourth-order valence-corrected chi connectivity index (χ4v) is 6.22. The van der Waals surface area contributed by atoms with Crippen LogP contribution in [0.1, 0.15) is 43.9 Å². The van der Waals surface area contributed by atoms with Gasteiger partial charge in [-0.25, -0.2) is 4.39 Å². The van der Waals surface area contributed by atoms with Crippen molar-refractivity contribution in [3.8, 4) is 6.07 Å². The lowest BCUT2D eigenvalue weighted by Gasteiger charge is -2.39. The molecule has 2 saturated heterocycles. The van der Waals surface area contributed by atoms with Crippen LogP contribution in [-0.2, 0) is 11.3 Å². The first-order valence-electron chi connectivity index (χ1n) is 12.4. The first-order chi connectivity index (χ1) is 17.7. The van der Waals surface area contributed by atoms with Crippen molar-refractivity contribution in [2.45, 2.75) is 46.7 Å². The standard InChI is InChI=1S/C27H30FN5O2S2/c1-5-17(3)33-26(35)23(37-27(33)36)15-21-18(4)22(16-29)25(34)32(6-2)24(21)31-13-11-30(12-14-31)20-9-7-19(28)8-10-20/h7-10,15,17H,5-6,11-14H2,1-4H3/b23-15+. The summed E-state index contributed by atoms with van der Waals surface area (Å²) in [6, 6.07) is 8.50. The smallest absolute Gasteiger partial charge is 0.270 e. The Kier molecular flexibility index (Phi) is 8.05. The normalized spacial score (nSPS) is 18.1. The lowest BCUT2D eigenvalue weighted by molar-refractivity contribution is -0.123. The van der Waals surface area contributed by atoms with E-state index < -0.39 is 0 Å². The van der Waals surface area contributed by atoms with Crippen LogP contribution in [0.5, 0.6) is 0 Å². The van der Waals surface area contributed by atoms with Gasteiger partial charge in [0.05, 0.1) is 4.91 Å². The number of thioether (sulfide) groups is 1. The molecule has 0 spiro atoms. The highest BCUT2D eigenvalue weighted by Crippen LogP contribution is 2.37. The van der Waals surface area contributed by atoms with Crippen LogP contribution in [0.3, 0.4) is 0 Å². The molecule has 0 N–H and O–H groups in total. The first-order valence-corrected chi connectivity index (χ1v) is 13.6. The van der Waals surface area contributed by atoms with Crippen LogP contribution in [0.2, 0.25) is 0 Å². The fraction of sp³-hybridized carbons (Fsp3) is 0.407. The topological polar surface area (TPSA) is 72.6 Å². The van der Waals surface area contributed by atoms with Crippen LogP contribution in [0, 0.1) is 24.1 Å². The minimum atomic E-state index is -0.331. The molecule has 7 nitrogen and oxygen atoms in total. The zero-order valence-corrected chi connectivity index (χ0v) is 23.1. The van der Waals surface area contributed by atoms with E-state index >= 15 is 0 Å². The molecule has 10 heteroatoms. The number of carbonyl (C=O) groups excluding carboxylic acids is 1. The quantitative estimate of drug-likeness (QED) is 0.395. The van der Waals surface area contributed by atoms with Gasteiger partial charge in [-0.15, -0.1) is 0 Å². The molecule has 1 unspecified atom stereocenters. The molecule has 1 atom stereocenters. The maximum absolute atomic E-state index is 13.4. The second-order valence-corrected chi connectivity index (χ2v) is 10.8. The Hall–Kier alpha value is -3.16. The molecule has 3 heterocycles. The average molecular weight is 540 g/mol. The van der Waals surface area contributed by atoms with E-state index in [0.29, 0.717) is 58.9 Å². The van der Waals surface area contributed by atoms with Gasteiger partial charge in [0.2, 0.25) is 0 Å². The Morgan fingerprint density at radius 1 is 1.14 bits per heavy atom. The Bertz CT molecular complexity index is 1350. The van der Waals surface area contributed by atoms with Crippen LogP contribution in [0.25, 0.3) is 6.08 Å². The maximum atomic E-state index is 13.4. The number of hydrogen-bond donors (Lipinski definition) is 0. The fourth-order valence-electron chi connectivity index (χ4n) is 4.78. The number of thiocarbonyl (C=S) groups is 1. The van der Waals surface area contributed by atoms with Gasteiger partial charge in [0.25, 0.3) is 11.5 Å². The third-order valence-corrected chi connectivity index (χ3v) is 8.39. The molecule has 1 amide bonds. The van der Waals surface area contributed by atoms with Crippen molar-refractivity contribution in [1.82, 2.24) is 9.47 Å². The van der Waals surface area contributed by atoms with Gasteiger partial charge < -0.3 is 9.80 Å². The molecule has 2 aliphatic rings. The monoisotopic (exact) mass is 539 g/mol. The van der Waals surface area contributed by atoms with E-state index in [1.54, 1.807) is 34.6 Å². The highest BCUT2D eigenvalue weighted by Gasteiger charge is 2.35. The molecule has 2 aromatic rings. The Morgan fingerprint density at radius 2 is 1.76 bits per heavy atom. The van der Waals surface area contributed by atoms with Crippen molar-refractivity contribution in [1.29, 1.82) is 5.26 Å². The third kappa shape index (κ3) is 5.03. The molecule has 1 aromatic carbocycles. The summed E-state index contributed by atoms with van der Waals surface area (Å²) in [7, 11) is 0. The van der Waals surface area contributed by atoms with E-state index in [1.807, 2.05) is 20.8 Å². The number of aromatic nitrogens is 1. The van der Waals surface area contributed by atoms with Gasteiger partial charge >= 0.3 is 0 Å². The molecule has 2 aliphatic heterocycles.